The van der Waals surface area contributed by atoms with Crippen molar-refractivity contribution in [1.29, 1.82) is 0 Å². The number of ether oxygens (including phenoxy) is 3. The number of hydrogen-bond acceptors (Lipinski definition) is 8. The molecule has 4 aromatic rings. The summed E-state index contributed by atoms with van der Waals surface area (Å²) in [6.45, 7) is 3.24. The van der Waals surface area contributed by atoms with Crippen molar-refractivity contribution < 1.29 is 55.7 Å². The highest BCUT2D eigenvalue weighted by Gasteiger charge is 2.28. The van der Waals surface area contributed by atoms with E-state index in [0.717, 1.165) is 6.07 Å². The van der Waals surface area contributed by atoms with Crippen LogP contribution in [0.3, 0.4) is 0 Å². The van der Waals surface area contributed by atoms with Gasteiger partial charge in [0.05, 0.1) is 12.6 Å². The summed E-state index contributed by atoms with van der Waals surface area (Å²) in [5.74, 6) is -3.59. The number of carboxylic acid groups (broad SMARTS) is 1. The number of amides is 2. The maximum absolute atomic E-state index is 14.3. The molecule has 0 aliphatic carbocycles. The normalized spacial score (nSPS) is 11.9. The summed E-state index contributed by atoms with van der Waals surface area (Å²) in [4.78, 5) is 41.2. The third-order valence-corrected chi connectivity index (χ3v) is 7.09. The molecule has 1 atom stereocenters. The van der Waals surface area contributed by atoms with Crippen LogP contribution < -0.4 is 20.1 Å². The molecule has 3 aromatic carbocycles. The first-order valence-electron chi connectivity index (χ1n) is 15.9. The monoisotopic (exact) mass is 715 g/mol. The number of aromatic nitrogens is 1. The zero-order valence-corrected chi connectivity index (χ0v) is 28.2. The van der Waals surface area contributed by atoms with Crippen LogP contribution in [-0.2, 0) is 16.1 Å². The van der Waals surface area contributed by atoms with E-state index in [9.17, 15) is 31.9 Å². The number of carbonyl (C=O) groups is 3. The molecule has 0 saturated heterocycles. The Morgan fingerprint density at radius 1 is 0.941 bits per heavy atom. The first-order chi connectivity index (χ1) is 24.1. The Labute approximate surface area is 290 Å². The Balaban J connectivity index is 1.65. The minimum atomic E-state index is -3.11. The smallest absolute Gasteiger partial charge is 0.408 e. The van der Waals surface area contributed by atoms with Crippen molar-refractivity contribution in [3.8, 4) is 34.1 Å². The number of rotatable bonds is 15. The molecule has 0 unspecified atom stereocenters. The van der Waals surface area contributed by atoms with Crippen LogP contribution in [0.25, 0.3) is 22.6 Å². The van der Waals surface area contributed by atoms with Gasteiger partial charge < -0.3 is 34.4 Å². The van der Waals surface area contributed by atoms with Crippen molar-refractivity contribution in [2.75, 3.05) is 6.61 Å². The van der Waals surface area contributed by atoms with E-state index in [2.05, 4.69) is 20.4 Å². The first-order valence-corrected chi connectivity index (χ1v) is 15.9. The van der Waals surface area contributed by atoms with Gasteiger partial charge in [0.25, 0.3) is 5.91 Å². The lowest BCUT2D eigenvalue weighted by Crippen LogP contribution is -2.34. The third-order valence-electron chi connectivity index (χ3n) is 7.09. The van der Waals surface area contributed by atoms with E-state index < -0.39 is 47.9 Å². The molecule has 0 radical (unpaired) electrons. The van der Waals surface area contributed by atoms with Gasteiger partial charge in [-0.05, 0) is 82.0 Å². The molecule has 4 rings (SSSR count). The Hall–Kier alpha value is -5.60. The molecule has 0 fully saturated rings. The summed E-state index contributed by atoms with van der Waals surface area (Å²) in [6.07, 6.45) is -0.155. The van der Waals surface area contributed by atoms with Gasteiger partial charge in [0.15, 0.2) is 23.0 Å². The molecule has 0 saturated carbocycles. The predicted molar refractivity (Wildman–Crippen MR) is 176 cm³/mol. The zero-order chi connectivity index (χ0) is 37.3. The van der Waals surface area contributed by atoms with Crippen molar-refractivity contribution >= 4 is 18.0 Å². The van der Waals surface area contributed by atoms with E-state index >= 15 is 0 Å². The number of alkyl carbamates (subject to hydrolysis) is 1. The lowest BCUT2D eigenvalue weighted by atomic mass is 10.0. The second-order valence-electron chi connectivity index (χ2n) is 12.3. The predicted octanol–water partition coefficient (Wildman–Crippen LogP) is 8.04. The highest BCUT2D eigenvalue weighted by Crippen LogP contribution is 2.36. The molecule has 15 heteroatoms. The Kier molecular flexibility index (Phi) is 12.6. The summed E-state index contributed by atoms with van der Waals surface area (Å²) < 4.78 is 75.5. The topological polar surface area (TPSA) is 149 Å². The Morgan fingerprint density at radius 3 is 2.35 bits per heavy atom. The number of hydrogen-bond donors (Lipinski definition) is 3. The number of unbranched alkanes of at least 4 members (excludes halogenated alkanes) is 1. The number of carbonyl (C=O) groups excluding carboxylic acids is 2. The van der Waals surface area contributed by atoms with Gasteiger partial charge in [-0.25, -0.2) is 18.6 Å². The molecular weight excluding hydrogens is 678 g/mol. The van der Waals surface area contributed by atoms with Gasteiger partial charge in [-0.1, -0.05) is 24.3 Å². The number of carboxylic acids is 1. The summed E-state index contributed by atoms with van der Waals surface area (Å²) >= 11 is 0. The van der Waals surface area contributed by atoms with Gasteiger partial charge in [0, 0.05) is 30.2 Å². The van der Waals surface area contributed by atoms with E-state index in [1.807, 2.05) is 0 Å². The lowest BCUT2D eigenvalue weighted by molar-refractivity contribution is -0.137. The zero-order valence-electron chi connectivity index (χ0n) is 28.2. The van der Waals surface area contributed by atoms with Crippen LogP contribution in [0.5, 0.6) is 11.5 Å². The van der Waals surface area contributed by atoms with E-state index in [1.54, 1.807) is 52.0 Å². The molecule has 11 nitrogen and oxygen atoms in total. The van der Waals surface area contributed by atoms with Crippen LogP contribution >= 0.6 is 0 Å². The molecule has 0 aliphatic heterocycles. The SMILES string of the molecule is C[C@H](NC(=O)OC(C)(C)C)c1oc(-c2cccc(-c3ccc(OC(F)F)c(OCCCCC(=O)O)c3)c2)nc1C(=O)NCc1ccc(F)cc1F. The fourth-order valence-corrected chi connectivity index (χ4v) is 4.77. The van der Waals surface area contributed by atoms with Gasteiger partial charge in [-0.15, -0.1) is 0 Å². The summed E-state index contributed by atoms with van der Waals surface area (Å²) in [5.41, 5.74) is 0.496. The van der Waals surface area contributed by atoms with Crippen LogP contribution in [0.15, 0.2) is 65.1 Å². The molecule has 0 aliphatic rings. The highest BCUT2D eigenvalue weighted by molar-refractivity contribution is 5.94. The van der Waals surface area contributed by atoms with Crippen LogP contribution in [0.2, 0.25) is 0 Å². The number of halogens is 4. The quantitative estimate of drug-likeness (QED) is 0.0821. The summed E-state index contributed by atoms with van der Waals surface area (Å²) in [5, 5.41) is 14.0. The fourth-order valence-electron chi connectivity index (χ4n) is 4.77. The summed E-state index contributed by atoms with van der Waals surface area (Å²) in [6, 6.07) is 13.1. The van der Waals surface area contributed by atoms with Crippen LogP contribution in [0.4, 0.5) is 22.4 Å². The Bertz CT molecular complexity index is 1860. The molecule has 0 spiro atoms. The van der Waals surface area contributed by atoms with Crippen molar-refractivity contribution in [3.05, 3.63) is 89.3 Å². The van der Waals surface area contributed by atoms with Crippen LogP contribution in [0, 0.1) is 11.6 Å². The van der Waals surface area contributed by atoms with Gasteiger partial charge in [-0.3, -0.25) is 9.59 Å². The first kappa shape index (κ1) is 38.2. The minimum Gasteiger partial charge on any atom is -0.490 e. The van der Waals surface area contributed by atoms with Crippen molar-refractivity contribution in [3.63, 3.8) is 0 Å². The van der Waals surface area contributed by atoms with E-state index in [-0.39, 0.29) is 54.0 Å². The van der Waals surface area contributed by atoms with Crippen molar-refractivity contribution in [1.82, 2.24) is 15.6 Å². The average Bonchev–Trinajstić information content (AvgIpc) is 3.50. The molecular formula is C36H37F4N3O8. The minimum absolute atomic E-state index is 0.0182. The molecule has 272 valence electrons. The standard InChI is InChI=1S/C36H37F4N3O8/c1-20(42-35(47)51-36(2,3)4)31-30(32(46)41-19-24-11-13-25(37)18-26(24)38)43-33(50-31)23-9-7-8-21(16-23)22-12-14-27(49-34(39)40)28(17-22)48-15-6-5-10-29(44)45/h7-9,11-14,16-18,20,34H,5-6,10,15,19H2,1-4H3,(H,41,46)(H,42,47)(H,44,45)/t20-/m0/s1. The molecule has 1 heterocycles. The summed E-state index contributed by atoms with van der Waals surface area (Å²) in [7, 11) is 0. The van der Waals surface area contributed by atoms with Gasteiger partial charge in [0.1, 0.15) is 17.2 Å². The number of nitrogens with one attached hydrogen (secondary N) is 2. The molecule has 3 N–H and O–H groups in total. The van der Waals surface area contributed by atoms with Crippen molar-refractivity contribution in [2.24, 2.45) is 0 Å². The van der Waals surface area contributed by atoms with Crippen LogP contribution in [0.1, 0.15) is 74.8 Å². The third kappa shape index (κ3) is 11.2. The van der Waals surface area contributed by atoms with E-state index in [1.165, 1.54) is 24.3 Å². The highest BCUT2D eigenvalue weighted by atomic mass is 19.3. The van der Waals surface area contributed by atoms with E-state index in [4.69, 9.17) is 19.0 Å². The fraction of sp³-hybridized carbons (Fsp3) is 0.333. The molecule has 1 aromatic heterocycles. The number of aliphatic carboxylic acids is 1. The van der Waals surface area contributed by atoms with E-state index in [0.29, 0.717) is 35.6 Å². The molecule has 51 heavy (non-hydrogen) atoms. The lowest BCUT2D eigenvalue weighted by Gasteiger charge is -2.21. The van der Waals surface area contributed by atoms with Gasteiger partial charge in [0.2, 0.25) is 5.89 Å². The number of oxazole rings is 1. The number of alkyl halides is 2. The average molecular weight is 716 g/mol. The molecule has 2 amide bonds. The largest absolute Gasteiger partial charge is 0.490 e. The molecule has 0 bridgehead atoms. The number of nitrogens with zero attached hydrogens (tertiary/aromatic N) is 1. The Morgan fingerprint density at radius 2 is 1.67 bits per heavy atom. The maximum atomic E-state index is 14.3. The number of benzene rings is 3. The van der Waals surface area contributed by atoms with Crippen molar-refractivity contribution in [2.45, 2.75) is 71.8 Å². The van der Waals surface area contributed by atoms with Gasteiger partial charge in [-0.2, -0.15) is 8.78 Å². The van der Waals surface area contributed by atoms with Gasteiger partial charge >= 0.3 is 18.7 Å². The van der Waals surface area contributed by atoms with Crippen LogP contribution in [-0.4, -0.2) is 46.9 Å². The second kappa shape index (κ2) is 16.9. The second-order valence-corrected chi connectivity index (χ2v) is 12.3. The maximum Gasteiger partial charge on any atom is 0.408 e.